The molecule has 2 aromatic rings. The molecule has 0 saturated carbocycles. The van der Waals surface area contributed by atoms with Crippen LogP contribution in [-0.2, 0) is 6.42 Å². The van der Waals surface area contributed by atoms with E-state index in [1.165, 1.54) is 6.07 Å². The molecule has 1 aliphatic rings. The lowest BCUT2D eigenvalue weighted by atomic mass is 10.0. The summed E-state index contributed by atoms with van der Waals surface area (Å²) in [4.78, 5) is 21.8. The van der Waals surface area contributed by atoms with Crippen LogP contribution in [0.3, 0.4) is 0 Å². The van der Waals surface area contributed by atoms with Crippen molar-refractivity contribution in [3.8, 4) is 0 Å². The lowest BCUT2D eigenvalue weighted by Crippen LogP contribution is -2.14. The van der Waals surface area contributed by atoms with E-state index in [-0.39, 0.29) is 5.76 Å². The van der Waals surface area contributed by atoms with Crippen molar-refractivity contribution in [2.45, 2.75) is 12.8 Å². The number of furan rings is 1. The van der Waals surface area contributed by atoms with Gasteiger partial charge in [-0.15, -0.1) is 0 Å². The van der Waals surface area contributed by atoms with Gasteiger partial charge in [-0.25, -0.2) is 0 Å². The molecule has 0 spiro atoms. The summed E-state index contributed by atoms with van der Waals surface area (Å²) < 4.78 is 4.87. The Bertz CT molecular complexity index is 708. The predicted molar refractivity (Wildman–Crippen MR) is 76.6 cm³/mol. The molecule has 1 aromatic carbocycles. The Balaban J connectivity index is 1.76. The number of benzene rings is 1. The van der Waals surface area contributed by atoms with Crippen molar-refractivity contribution in [3.63, 3.8) is 0 Å². The first-order chi connectivity index (χ1) is 10.1. The van der Waals surface area contributed by atoms with Gasteiger partial charge in [0.25, 0.3) is 5.91 Å². The van der Waals surface area contributed by atoms with Crippen LogP contribution in [0.4, 0.5) is 17.3 Å². The first-order valence-corrected chi connectivity index (χ1v) is 6.56. The molecule has 0 saturated heterocycles. The van der Waals surface area contributed by atoms with E-state index in [0.29, 0.717) is 5.69 Å². The van der Waals surface area contributed by atoms with Crippen LogP contribution < -0.4 is 10.6 Å². The molecule has 7 heteroatoms. The Morgan fingerprint density at radius 2 is 2.19 bits per heavy atom. The number of hydrogen-bond donors (Lipinski definition) is 2. The van der Waals surface area contributed by atoms with Crippen molar-refractivity contribution in [1.29, 1.82) is 0 Å². The molecule has 1 amide bonds. The number of nitrogens with one attached hydrogen (secondary N) is 2. The van der Waals surface area contributed by atoms with Crippen molar-refractivity contribution < 1.29 is 14.1 Å². The summed E-state index contributed by atoms with van der Waals surface area (Å²) in [5.74, 6) is -1.04. The molecule has 21 heavy (non-hydrogen) atoms. The number of amides is 1. The minimum atomic E-state index is -0.679. The van der Waals surface area contributed by atoms with Crippen LogP contribution in [-0.4, -0.2) is 17.4 Å². The lowest BCUT2D eigenvalue weighted by molar-refractivity contribution is -0.402. The number of nitro groups is 1. The van der Waals surface area contributed by atoms with Gasteiger partial charge >= 0.3 is 5.88 Å². The van der Waals surface area contributed by atoms with Gasteiger partial charge in [0.2, 0.25) is 0 Å². The van der Waals surface area contributed by atoms with E-state index in [1.54, 1.807) is 6.07 Å². The van der Waals surface area contributed by atoms with Gasteiger partial charge in [-0.2, -0.15) is 0 Å². The number of nitrogens with zero attached hydrogens (tertiary/aromatic N) is 1. The van der Waals surface area contributed by atoms with Crippen LogP contribution in [0.1, 0.15) is 22.5 Å². The fourth-order valence-corrected chi connectivity index (χ4v) is 2.29. The standard InChI is InChI=1S/C14H13N3O4/c18-14(12-5-6-13(21-12)17(19)20)16-10-3-4-11-9(8-10)2-1-7-15-11/h3-6,8,15H,1-2,7H2,(H,16,18). The van der Waals surface area contributed by atoms with Gasteiger partial charge in [0, 0.05) is 17.9 Å². The summed E-state index contributed by atoms with van der Waals surface area (Å²) in [6, 6.07) is 8.04. The van der Waals surface area contributed by atoms with Crippen LogP contribution in [0.5, 0.6) is 0 Å². The van der Waals surface area contributed by atoms with Crippen LogP contribution in [0.15, 0.2) is 34.7 Å². The maximum atomic E-state index is 12.0. The second-order valence-electron chi connectivity index (χ2n) is 4.75. The second kappa shape index (κ2) is 5.28. The van der Waals surface area contributed by atoms with Gasteiger partial charge in [-0.05, 0) is 42.7 Å². The number of fused-ring (bicyclic) bond motifs is 1. The highest BCUT2D eigenvalue weighted by molar-refractivity contribution is 6.02. The Labute approximate surface area is 120 Å². The van der Waals surface area contributed by atoms with Gasteiger partial charge < -0.3 is 15.1 Å². The molecule has 0 atom stereocenters. The van der Waals surface area contributed by atoms with Crippen LogP contribution in [0.2, 0.25) is 0 Å². The molecule has 0 bridgehead atoms. The third-order valence-electron chi connectivity index (χ3n) is 3.30. The molecular weight excluding hydrogens is 274 g/mol. The highest BCUT2D eigenvalue weighted by atomic mass is 16.6. The lowest BCUT2D eigenvalue weighted by Gasteiger charge is -2.18. The molecule has 0 unspecified atom stereocenters. The van der Waals surface area contributed by atoms with Gasteiger partial charge in [0.05, 0.1) is 6.07 Å². The fourth-order valence-electron chi connectivity index (χ4n) is 2.29. The van der Waals surface area contributed by atoms with E-state index in [9.17, 15) is 14.9 Å². The summed E-state index contributed by atoms with van der Waals surface area (Å²) in [7, 11) is 0. The second-order valence-corrected chi connectivity index (χ2v) is 4.75. The maximum absolute atomic E-state index is 12.0. The largest absolute Gasteiger partial charge is 0.433 e. The average molecular weight is 287 g/mol. The van der Waals surface area contributed by atoms with E-state index in [4.69, 9.17) is 4.42 Å². The normalized spacial score (nSPS) is 13.1. The smallest absolute Gasteiger partial charge is 0.395 e. The summed E-state index contributed by atoms with van der Waals surface area (Å²) >= 11 is 0. The molecule has 2 heterocycles. The predicted octanol–water partition coefficient (Wildman–Crippen LogP) is 2.80. The molecule has 3 rings (SSSR count). The molecular formula is C14H13N3O4. The Hall–Kier alpha value is -2.83. The van der Waals surface area contributed by atoms with E-state index in [2.05, 4.69) is 10.6 Å². The van der Waals surface area contributed by atoms with E-state index >= 15 is 0 Å². The zero-order valence-corrected chi connectivity index (χ0v) is 11.1. The number of hydrogen-bond acceptors (Lipinski definition) is 5. The molecule has 0 fully saturated rings. The monoisotopic (exact) mass is 287 g/mol. The van der Waals surface area contributed by atoms with E-state index < -0.39 is 16.7 Å². The van der Waals surface area contributed by atoms with Crippen LogP contribution >= 0.6 is 0 Å². The number of anilines is 2. The minimum Gasteiger partial charge on any atom is -0.395 e. The van der Waals surface area contributed by atoms with Gasteiger partial charge in [0.15, 0.2) is 5.76 Å². The number of rotatable bonds is 3. The van der Waals surface area contributed by atoms with Crippen LogP contribution in [0, 0.1) is 10.1 Å². The van der Waals surface area contributed by atoms with Crippen LogP contribution in [0.25, 0.3) is 0 Å². The molecule has 0 aliphatic carbocycles. The minimum absolute atomic E-state index is 0.0856. The summed E-state index contributed by atoms with van der Waals surface area (Å²) in [6.07, 6.45) is 2.01. The third-order valence-corrected chi connectivity index (χ3v) is 3.30. The number of carbonyl (C=O) groups excluding carboxylic acids is 1. The van der Waals surface area contributed by atoms with Crippen molar-refractivity contribution in [3.05, 3.63) is 51.8 Å². The summed E-state index contributed by atoms with van der Waals surface area (Å²) in [5, 5.41) is 16.5. The first-order valence-electron chi connectivity index (χ1n) is 6.56. The summed E-state index contributed by atoms with van der Waals surface area (Å²) in [5.41, 5.74) is 2.86. The Morgan fingerprint density at radius 3 is 2.95 bits per heavy atom. The van der Waals surface area contributed by atoms with Crippen molar-refractivity contribution >= 4 is 23.2 Å². The van der Waals surface area contributed by atoms with Crippen molar-refractivity contribution in [1.82, 2.24) is 0 Å². The molecule has 2 N–H and O–H groups in total. The van der Waals surface area contributed by atoms with Gasteiger partial charge in [0.1, 0.15) is 4.92 Å². The Kier molecular flexibility index (Phi) is 3.31. The number of carbonyl (C=O) groups is 1. The molecule has 1 aliphatic heterocycles. The maximum Gasteiger partial charge on any atom is 0.433 e. The average Bonchev–Trinajstić information content (AvgIpc) is 2.97. The van der Waals surface area contributed by atoms with Crippen molar-refractivity contribution in [2.75, 3.05) is 17.2 Å². The SMILES string of the molecule is O=C(Nc1ccc2c(c1)CCCN2)c1ccc([N+](=O)[O-])o1. The fraction of sp³-hybridized carbons (Fsp3) is 0.214. The highest BCUT2D eigenvalue weighted by Gasteiger charge is 2.18. The van der Waals surface area contributed by atoms with Gasteiger partial charge in [-0.3, -0.25) is 14.9 Å². The highest BCUT2D eigenvalue weighted by Crippen LogP contribution is 2.25. The first kappa shape index (κ1) is 13.2. The summed E-state index contributed by atoms with van der Waals surface area (Å²) in [6.45, 7) is 0.953. The molecule has 108 valence electrons. The third kappa shape index (κ3) is 2.71. The quantitative estimate of drug-likeness (QED) is 0.668. The number of aryl methyl sites for hydroxylation is 1. The van der Waals surface area contributed by atoms with Gasteiger partial charge in [-0.1, -0.05) is 0 Å². The zero-order valence-electron chi connectivity index (χ0n) is 11.1. The molecule has 7 nitrogen and oxygen atoms in total. The van der Waals surface area contributed by atoms with E-state index in [1.807, 2.05) is 12.1 Å². The topological polar surface area (TPSA) is 97.4 Å². The zero-order chi connectivity index (χ0) is 14.8. The molecule has 1 aromatic heterocycles. The molecule has 0 radical (unpaired) electrons. The Morgan fingerprint density at radius 1 is 1.33 bits per heavy atom. The van der Waals surface area contributed by atoms with E-state index in [0.717, 1.165) is 36.7 Å². The van der Waals surface area contributed by atoms with Crippen molar-refractivity contribution in [2.24, 2.45) is 0 Å².